The van der Waals surface area contributed by atoms with E-state index in [0.29, 0.717) is 32.6 Å². The molecule has 1 aliphatic rings. The number of aromatic nitrogens is 2. The van der Waals surface area contributed by atoms with Crippen LogP contribution < -0.4 is 10.6 Å². The van der Waals surface area contributed by atoms with Crippen LogP contribution in [0.5, 0.6) is 0 Å². The lowest BCUT2D eigenvalue weighted by atomic mass is 10.0. The predicted molar refractivity (Wildman–Crippen MR) is 133 cm³/mol. The summed E-state index contributed by atoms with van der Waals surface area (Å²) < 4.78 is 26.7. The number of urea groups is 1. The van der Waals surface area contributed by atoms with Crippen molar-refractivity contribution in [2.45, 2.75) is 28.5 Å². The molecule has 0 atom stereocenters. The summed E-state index contributed by atoms with van der Waals surface area (Å²) >= 11 is 10.4. The fraction of sp³-hybridized carbons (Fsp3) is 0.238. The van der Waals surface area contributed by atoms with Gasteiger partial charge in [0.25, 0.3) is 5.91 Å². The largest absolute Gasteiger partial charge is 0.352 e. The minimum Gasteiger partial charge on any atom is -0.352 e. The second-order valence-electron chi connectivity index (χ2n) is 7.86. The molecular weight excluding hydrogens is 566 g/mol. The normalized spacial score (nSPS) is 15.5. The Hall–Kier alpha value is -2.54. The van der Waals surface area contributed by atoms with E-state index < -0.39 is 21.4 Å². The van der Waals surface area contributed by atoms with E-state index in [9.17, 15) is 18.0 Å². The Bertz CT molecular complexity index is 1380. The Morgan fingerprint density at radius 2 is 1.88 bits per heavy atom. The second kappa shape index (κ2) is 9.25. The Morgan fingerprint density at radius 1 is 1.18 bits per heavy atom. The van der Waals surface area contributed by atoms with Crippen molar-refractivity contribution in [3.8, 4) is 10.6 Å². The van der Waals surface area contributed by atoms with Crippen molar-refractivity contribution in [1.82, 2.24) is 20.2 Å². The van der Waals surface area contributed by atoms with Gasteiger partial charge in [0.15, 0.2) is 0 Å². The molecule has 0 saturated carbocycles. The molecule has 0 spiro atoms. The summed E-state index contributed by atoms with van der Waals surface area (Å²) in [4.78, 5) is 34.9. The number of nitrogens with one attached hydrogen (secondary N) is 2. The number of anilines is 1. The standard InChI is InChI=1S/C21H19BrClN5O4S2/c1-21(2)18(29)27-20(30)28(21)10-9-24-19-25-11-14(22)17(26-19)15-7-8-16(33-15)34(31,32)13-5-3-12(23)4-6-13/h3-8,11H,9-10H2,1-2H3,(H,24,25,26)(H,27,29,30). The van der Waals surface area contributed by atoms with Crippen molar-refractivity contribution in [2.75, 3.05) is 18.4 Å². The van der Waals surface area contributed by atoms with Crippen molar-refractivity contribution in [3.05, 3.63) is 52.1 Å². The number of carbonyl (C=O) groups excluding carboxylic acids is 2. The zero-order valence-electron chi connectivity index (χ0n) is 18.0. The van der Waals surface area contributed by atoms with E-state index in [0.717, 1.165) is 11.3 Å². The third kappa shape index (κ3) is 4.67. The lowest BCUT2D eigenvalue weighted by Crippen LogP contribution is -2.46. The average molecular weight is 585 g/mol. The smallest absolute Gasteiger partial charge is 0.325 e. The summed E-state index contributed by atoms with van der Waals surface area (Å²) in [6.07, 6.45) is 1.56. The molecule has 0 radical (unpaired) electrons. The first-order valence-electron chi connectivity index (χ1n) is 10.0. The molecule has 3 amide bonds. The van der Waals surface area contributed by atoms with Gasteiger partial charge in [-0.15, -0.1) is 11.3 Å². The number of hydrogen-bond acceptors (Lipinski definition) is 8. The predicted octanol–water partition coefficient (Wildman–Crippen LogP) is 4.20. The van der Waals surface area contributed by atoms with Crippen molar-refractivity contribution in [2.24, 2.45) is 0 Å². The minimum atomic E-state index is -3.70. The first-order valence-corrected chi connectivity index (χ1v) is 13.5. The number of carbonyl (C=O) groups is 2. The molecule has 1 saturated heterocycles. The Labute approximate surface area is 213 Å². The van der Waals surface area contributed by atoms with E-state index >= 15 is 0 Å². The number of imide groups is 1. The zero-order valence-corrected chi connectivity index (χ0v) is 22.0. The highest BCUT2D eigenvalue weighted by molar-refractivity contribution is 9.10. The summed E-state index contributed by atoms with van der Waals surface area (Å²) in [5.74, 6) is -0.0424. The molecule has 9 nitrogen and oxygen atoms in total. The first kappa shape index (κ1) is 24.6. The van der Waals surface area contributed by atoms with Crippen LogP contribution in [0.15, 0.2) is 56.2 Å². The molecule has 0 bridgehead atoms. The first-order chi connectivity index (χ1) is 16.0. The Balaban J connectivity index is 1.51. The fourth-order valence-corrected chi connectivity index (χ4v) is 6.68. The molecule has 34 heavy (non-hydrogen) atoms. The number of benzene rings is 1. The van der Waals surface area contributed by atoms with Gasteiger partial charge in [0.1, 0.15) is 15.4 Å². The summed E-state index contributed by atoms with van der Waals surface area (Å²) in [5, 5.41) is 5.80. The van der Waals surface area contributed by atoms with Gasteiger partial charge in [-0.1, -0.05) is 11.6 Å². The topological polar surface area (TPSA) is 121 Å². The third-order valence-electron chi connectivity index (χ3n) is 5.26. The summed E-state index contributed by atoms with van der Waals surface area (Å²) in [7, 11) is -3.70. The molecule has 3 heterocycles. The van der Waals surface area contributed by atoms with Crippen LogP contribution in [-0.2, 0) is 14.6 Å². The maximum absolute atomic E-state index is 13.0. The Kier molecular flexibility index (Phi) is 6.69. The molecule has 2 aromatic heterocycles. The molecule has 13 heteroatoms. The lowest BCUT2D eigenvalue weighted by molar-refractivity contribution is -0.125. The molecule has 4 rings (SSSR count). The number of amides is 3. The number of nitrogens with zero attached hydrogens (tertiary/aromatic N) is 3. The molecule has 1 aliphatic heterocycles. The fourth-order valence-electron chi connectivity index (χ4n) is 3.30. The van der Waals surface area contributed by atoms with E-state index in [1.807, 2.05) is 0 Å². The monoisotopic (exact) mass is 583 g/mol. The van der Waals surface area contributed by atoms with Gasteiger partial charge < -0.3 is 10.2 Å². The second-order valence-corrected chi connectivity index (χ2v) is 12.4. The molecule has 178 valence electrons. The molecule has 2 N–H and O–H groups in total. The van der Waals surface area contributed by atoms with Gasteiger partial charge in [0.05, 0.1) is 14.2 Å². The van der Waals surface area contributed by atoms with Crippen LogP contribution in [0.4, 0.5) is 10.7 Å². The van der Waals surface area contributed by atoms with Crippen LogP contribution in [0.3, 0.4) is 0 Å². The van der Waals surface area contributed by atoms with E-state index in [-0.39, 0.29) is 21.6 Å². The average Bonchev–Trinajstić information content (AvgIpc) is 3.35. The van der Waals surface area contributed by atoms with Crippen LogP contribution in [0.1, 0.15) is 13.8 Å². The molecule has 0 unspecified atom stereocenters. The SMILES string of the molecule is CC1(C)C(=O)NC(=O)N1CCNc1ncc(Br)c(-c2ccc(S(=O)(=O)c3ccc(Cl)cc3)s2)n1. The van der Waals surface area contributed by atoms with E-state index in [1.54, 1.807) is 26.1 Å². The van der Waals surface area contributed by atoms with Gasteiger partial charge in [-0.3, -0.25) is 10.1 Å². The highest BCUT2D eigenvalue weighted by Gasteiger charge is 2.45. The van der Waals surface area contributed by atoms with Gasteiger partial charge >= 0.3 is 6.03 Å². The molecule has 1 fully saturated rings. The maximum atomic E-state index is 13.0. The van der Waals surface area contributed by atoms with Crippen molar-refractivity contribution >= 4 is 66.6 Å². The quantitative estimate of drug-likeness (QED) is 0.399. The van der Waals surface area contributed by atoms with Gasteiger partial charge in [-0.2, -0.15) is 0 Å². The van der Waals surface area contributed by atoms with Gasteiger partial charge in [0, 0.05) is 24.3 Å². The van der Waals surface area contributed by atoms with Crippen molar-refractivity contribution in [3.63, 3.8) is 0 Å². The summed E-state index contributed by atoms with van der Waals surface area (Å²) in [5.41, 5.74) is -0.414. The van der Waals surface area contributed by atoms with Gasteiger partial charge in [-0.25, -0.2) is 23.2 Å². The van der Waals surface area contributed by atoms with Crippen LogP contribution >= 0.6 is 38.9 Å². The summed E-state index contributed by atoms with van der Waals surface area (Å²) in [6, 6.07) is 8.78. The van der Waals surface area contributed by atoms with Crippen LogP contribution in [-0.4, -0.2) is 53.9 Å². The molecule has 0 aliphatic carbocycles. The number of thiophene rings is 1. The van der Waals surface area contributed by atoms with Gasteiger partial charge in [0.2, 0.25) is 15.8 Å². The molecule has 1 aromatic carbocycles. The number of rotatable bonds is 7. The molecular formula is C21H19BrClN5O4S2. The highest BCUT2D eigenvalue weighted by Crippen LogP contribution is 2.36. The van der Waals surface area contributed by atoms with Crippen molar-refractivity contribution < 1.29 is 18.0 Å². The van der Waals surface area contributed by atoms with Crippen molar-refractivity contribution in [1.29, 1.82) is 0 Å². The highest BCUT2D eigenvalue weighted by atomic mass is 79.9. The number of halogens is 2. The maximum Gasteiger partial charge on any atom is 0.325 e. The van der Waals surface area contributed by atoms with E-state index in [1.165, 1.54) is 35.2 Å². The van der Waals surface area contributed by atoms with E-state index in [4.69, 9.17) is 11.6 Å². The van der Waals surface area contributed by atoms with E-state index in [2.05, 4.69) is 36.5 Å². The van der Waals surface area contributed by atoms with Gasteiger partial charge in [-0.05, 0) is 66.2 Å². The number of hydrogen-bond donors (Lipinski definition) is 2. The van der Waals surface area contributed by atoms with Crippen LogP contribution in [0, 0.1) is 0 Å². The molecule has 3 aromatic rings. The lowest BCUT2D eigenvalue weighted by Gasteiger charge is -2.27. The Morgan fingerprint density at radius 3 is 2.53 bits per heavy atom. The van der Waals surface area contributed by atoms with Crippen LogP contribution in [0.25, 0.3) is 10.6 Å². The minimum absolute atomic E-state index is 0.154. The number of sulfone groups is 1. The zero-order chi connectivity index (χ0) is 24.7. The third-order valence-corrected chi connectivity index (χ3v) is 9.45. The van der Waals surface area contributed by atoms with Crippen LogP contribution in [0.2, 0.25) is 5.02 Å². The summed E-state index contributed by atoms with van der Waals surface area (Å²) in [6.45, 7) is 3.93.